The zero-order valence-electron chi connectivity index (χ0n) is 65.6. The summed E-state index contributed by atoms with van der Waals surface area (Å²) in [5.41, 5.74) is 24.6. The molecule has 1 aliphatic rings. The topological polar surface area (TPSA) is 199 Å². The molecule has 0 amide bonds. The third kappa shape index (κ3) is 15.9. The monoisotopic (exact) mass is 1570 g/mol. The van der Waals surface area contributed by atoms with Crippen molar-refractivity contribution in [1.82, 2.24) is 59.8 Å². The van der Waals surface area contributed by atoms with E-state index >= 15 is 0 Å². The highest BCUT2D eigenvalue weighted by Crippen LogP contribution is 2.40. The van der Waals surface area contributed by atoms with Gasteiger partial charge in [0.15, 0.2) is 40.3 Å². The molecule has 0 atom stereocenters. The Hall–Kier alpha value is -15.0. The summed E-state index contributed by atoms with van der Waals surface area (Å²) in [5.74, 6) is 4.24. The van der Waals surface area contributed by atoms with E-state index in [4.69, 9.17) is 74.6 Å². The first-order valence-electron chi connectivity index (χ1n) is 39.4. The molecule has 0 radical (unpaired) electrons. The van der Waals surface area contributed by atoms with E-state index in [0.717, 1.165) is 156 Å². The number of nitrogens with zero attached hydrogens (tertiary/aromatic N) is 12. The minimum atomic E-state index is -0.421. The zero-order chi connectivity index (χ0) is 81.1. The van der Waals surface area contributed by atoms with E-state index in [-0.39, 0.29) is 5.28 Å². The number of hydrogen-bond donors (Lipinski definition) is 0. The van der Waals surface area contributed by atoms with Crippen molar-refractivity contribution in [2.24, 2.45) is 0 Å². The van der Waals surface area contributed by atoms with Crippen molar-refractivity contribution < 1.29 is 18.1 Å². The van der Waals surface area contributed by atoms with Crippen LogP contribution in [0.1, 0.15) is 27.7 Å². The number of benzene rings is 14. The van der Waals surface area contributed by atoms with Gasteiger partial charge in [0.2, 0.25) is 17.1 Å². The van der Waals surface area contributed by atoms with Crippen LogP contribution in [0.15, 0.2) is 373 Å². The van der Waals surface area contributed by atoms with Crippen molar-refractivity contribution in [2.45, 2.75) is 38.9 Å². The molecule has 14 aromatic carbocycles. The standard InChI is InChI=1S/C48H30N6O.C39H32BN3O3.C15H10ClN3/c1-4-12-34(13-5-1)45-52-46(35-14-6-2-7-15-35)54-47(53-45)36-26-24-33(25-27-36)44-43(49-39-18-10-11-19-40(39)50-44)32-22-20-31(21-23-32)38-28-29-42-41(30-38)51-48(55-42)37-16-8-3-9-17-37;1-38(2)39(3,4)46-40(45-38)30-21-18-27(19-22-30)36-35(41-31-12-8-9-13-32(31)42-36)26-16-14-25(15-17-26)29-20-23-34-33(24-29)43-37(44-34)28-10-6-5-7-11-28;16-15-18-13(11-7-3-1-4-8-11)17-14(19-15)12-9-5-2-6-10-12/h1-30H;5-24H,1-4H3;1-10H. The maximum atomic E-state index is 6.28. The molecule has 18 heteroatoms. The summed E-state index contributed by atoms with van der Waals surface area (Å²) in [6, 6.07) is 121. The fourth-order valence-corrected chi connectivity index (χ4v) is 14.5. The maximum absolute atomic E-state index is 6.28. The van der Waals surface area contributed by atoms with Gasteiger partial charge >= 0.3 is 7.12 Å². The predicted molar refractivity (Wildman–Crippen MR) is 479 cm³/mol. The highest BCUT2D eigenvalue weighted by molar-refractivity contribution is 6.62. The van der Waals surface area contributed by atoms with E-state index in [1.165, 1.54) is 0 Å². The Bertz CT molecular complexity index is 6950. The minimum absolute atomic E-state index is 0.202. The van der Waals surface area contributed by atoms with Crippen molar-refractivity contribution in [2.75, 3.05) is 0 Å². The van der Waals surface area contributed by atoms with E-state index < -0.39 is 18.3 Å². The summed E-state index contributed by atoms with van der Waals surface area (Å²) in [4.78, 5) is 57.5. The molecular formula is C102H72BClN12O4. The van der Waals surface area contributed by atoms with Crippen LogP contribution in [0.4, 0.5) is 0 Å². The second-order valence-electron chi connectivity index (χ2n) is 29.9. The lowest BCUT2D eigenvalue weighted by Gasteiger charge is -2.32. The molecule has 16 nitrogen and oxygen atoms in total. The fraction of sp³-hybridized carbons (Fsp3) is 0.0588. The normalized spacial score (nSPS) is 12.8. The Morgan fingerprint density at radius 1 is 0.217 bits per heavy atom. The second-order valence-corrected chi connectivity index (χ2v) is 30.3. The summed E-state index contributed by atoms with van der Waals surface area (Å²) in [6.45, 7) is 8.27. The van der Waals surface area contributed by atoms with Crippen LogP contribution in [0.3, 0.4) is 0 Å². The van der Waals surface area contributed by atoms with Gasteiger partial charge in [-0.3, -0.25) is 0 Å². The molecule has 0 unspecified atom stereocenters. The molecule has 1 aliphatic heterocycles. The van der Waals surface area contributed by atoms with Gasteiger partial charge in [0.25, 0.3) is 0 Å². The van der Waals surface area contributed by atoms with E-state index in [1.54, 1.807) is 0 Å². The molecule has 20 aromatic rings. The Balaban J connectivity index is 0.000000132. The molecular weight excluding hydrogens is 1500 g/mol. The van der Waals surface area contributed by atoms with Crippen LogP contribution < -0.4 is 5.46 Å². The van der Waals surface area contributed by atoms with E-state index in [2.05, 4.69) is 152 Å². The van der Waals surface area contributed by atoms with Crippen LogP contribution >= 0.6 is 11.6 Å². The molecule has 21 rings (SSSR count). The number of oxazole rings is 2. The van der Waals surface area contributed by atoms with Crippen LogP contribution in [-0.2, 0) is 9.31 Å². The summed E-state index contributed by atoms with van der Waals surface area (Å²) in [6.07, 6.45) is 0. The molecule has 120 heavy (non-hydrogen) atoms. The maximum Gasteiger partial charge on any atom is 0.494 e. The predicted octanol–water partition coefficient (Wildman–Crippen LogP) is 24.2. The Morgan fingerprint density at radius 2 is 0.458 bits per heavy atom. The summed E-state index contributed by atoms with van der Waals surface area (Å²) in [7, 11) is -0.421. The number of halogens is 1. The quantitative estimate of drug-likeness (QED) is 0.0930. The van der Waals surface area contributed by atoms with Crippen molar-refractivity contribution in [3.05, 3.63) is 369 Å². The number of hydrogen-bond acceptors (Lipinski definition) is 16. The summed E-state index contributed by atoms with van der Waals surface area (Å²) in [5, 5.41) is 0.202. The molecule has 1 saturated heterocycles. The van der Waals surface area contributed by atoms with Gasteiger partial charge in [-0.1, -0.05) is 291 Å². The van der Waals surface area contributed by atoms with Gasteiger partial charge in [0.05, 0.1) is 56.0 Å². The lowest BCUT2D eigenvalue weighted by Crippen LogP contribution is -2.41. The fourth-order valence-electron chi connectivity index (χ4n) is 14.3. The highest BCUT2D eigenvalue weighted by atomic mass is 35.5. The van der Waals surface area contributed by atoms with Crippen LogP contribution in [0.5, 0.6) is 0 Å². The molecule has 1 fully saturated rings. The third-order valence-electron chi connectivity index (χ3n) is 21.4. The first kappa shape index (κ1) is 75.1. The van der Waals surface area contributed by atoms with Gasteiger partial charge in [-0.05, 0) is 140 Å². The van der Waals surface area contributed by atoms with E-state index in [1.807, 2.05) is 255 Å². The van der Waals surface area contributed by atoms with Crippen molar-refractivity contribution >= 4 is 68.4 Å². The SMILES string of the molecule is CC1(C)OB(c2ccc(-c3nc4ccccc4nc3-c3ccc(-c4ccc5oc(-c6ccccc6)nc5c4)cc3)cc2)OC1(C)C.Clc1nc(-c2ccccc2)nc(-c2ccccc2)n1.c1ccc(-c2nc(-c3ccccc3)nc(-c3ccc(-c4nc5ccccc5nc4-c4ccc(-c5ccc6oc(-c7ccccc7)nc6c5)cc4)cc3)n2)cc1. The van der Waals surface area contributed by atoms with E-state index in [9.17, 15) is 0 Å². The van der Waals surface area contributed by atoms with Gasteiger partial charge in [-0.15, -0.1) is 0 Å². The van der Waals surface area contributed by atoms with Crippen LogP contribution in [-0.4, -0.2) is 78.1 Å². The van der Waals surface area contributed by atoms with Crippen LogP contribution in [0.25, 0.3) is 191 Å². The first-order valence-corrected chi connectivity index (χ1v) is 39.8. The van der Waals surface area contributed by atoms with Crippen molar-refractivity contribution in [1.29, 1.82) is 0 Å². The largest absolute Gasteiger partial charge is 0.494 e. The van der Waals surface area contributed by atoms with Gasteiger partial charge in [-0.25, -0.2) is 49.8 Å². The van der Waals surface area contributed by atoms with E-state index in [0.29, 0.717) is 40.9 Å². The second kappa shape index (κ2) is 32.6. The van der Waals surface area contributed by atoms with Gasteiger partial charge in [0, 0.05) is 61.2 Å². The Morgan fingerprint density at radius 3 is 0.767 bits per heavy atom. The average molecular weight is 1580 g/mol. The molecule has 0 bridgehead atoms. The Labute approximate surface area is 697 Å². The number of aromatic nitrogens is 12. The summed E-state index contributed by atoms with van der Waals surface area (Å²) >= 11 is 5.99. The van der Waals surface area contributed by atoms with Crippen LogP contribution in [0.2, 0.25) is 5.28 Å². The molecule has 0 saturated carbocycles. The minimum Gasteiger partial charge on any atom is -0.436 e. The van der Waals surface area contributed by atoms with Gasteiger partial charge in [0.1, 0.15) is 11.0 Å². The average Bonchev–Trinajstić information content (AvgIpc) is 1.67. The molecule has 6 aromatic heterocycles. The summed E-state index contributed by atoms with van der Waals surface area (Å²) < 4.78 is 24.6. The smallest absolute Gasteiger partial charge is 0.436 e. The van der Waals surface area contributed by atoms with Crippen molar-refractivity contribution in [3.63, 3.8) is 0 Å². The van der Waals surface area contributed by atoms with Crippen molar-refractivity contribution in [3.8, 4) is 147 Å². The third-order valence-corrected chi connectivity index (χ3v) is 21.6. The lowest BCUT2D eigenvalue weighted by atomic mass is 9.78. The number of para-hydroxylation sites is 4. The first-order chi connectivity index (χ1) is 58.8. The molecule has 7 heterocycles. The number of rotatable bonds is 14. The lowest BCUT2D eigenvalue weighted by molar-refractivity contribution is 0.00578. The Kier molecular flexibility index (Phi) is 20.4. The van der Waals surface area contributed by atoms with Gasteiger partial charge in [-0.2, -0.15) is 9.97 Å². The molecule has 0 aliphatic carbocycles. The van der Waals surface area contributed by atoms with Gasteiger partial charge < -0.3 is 18.1 Å². The molecule has 574 valence electrons. The highest BCUT2D eigenvalue weighted by Gasteiger charge is 2.51. The number of fused-ring (bicyclic) bond motifs is 4. The van der Waals surface area contributed by atoms with Crippen LogP contribution in [0, 0.1) is 0 Å². The molecule has 0 spiro atoms. The molecule has 0 N–H and O–H groups in total. The zero-order valence-corrected chi connectivity index (χ0v) is 66.4.